The summed E-state index contributed by atoms with van der Waals surface area (Å²) in [4.78, 5) is 4.24. The van der Waals surface area contributed by atoms with E-state index in [-0.39, 0.29) is 12.4 Å². The minimum atomic E-state index is 0.134. The maximum absolute atomic E-state index is 9.65. The van der Waals surface area contributed by atoms with Gasteiger partial charge in [0.1, 0.15) is 18.0 Å². The van der Waals surface area contributed by atoms with E-state index < -0.39 is 0 Å². The van der Waals surface area contributed by atoms with Crippen LogP contribution in [-0.2, 0) is 0 Å². The minimum Gasteiger partial charge on any atom is -0.506 e. The normalized spacial score (nSPS) is 10.3. The van der Waals surface area contributed by atoms with E-state index in [2.05, 4.69) is 10.9 Å². The number of rotatable bonds is 5. The zero-order valence-electron chi connectivity index (χ0n) is 11.6. The van der Waals surface area contributed by atoms with Gasteiger partial charge in [0.2, 0.25) is 0 Å². The molecule has 2 aromatic rings. The van der Waals surface area contributed by atoms with Crippen molar-refractivity contribution >= 4 is 11.9 Å². The quantitative estimate of drug-likeness (QED) is 0.676. The van der Waals surface area contributed by atoms with E-state index in [1.54, 1.807) is 43.7 Å². The van der Waals surface area contributed by atoms with Gasteiger partial charge in [-0.15, -0.1) is 6.42 Å². The summed E-state index contributed by atoms with van der Waals surface area (Å²) in [7, 11) is 1.56. The highest BCUT2D eigenvalue weighted by atomic mass is 16.5. The van der Waals surface area contributed by atoms with Gasteiger partial charge in [0.15, 0.2) is 11.5 Å². The number of ether oxygens (including phenoxy) is 2. The molecule has 4 nitrogen and oxygen atoms in total. The van der Waals surface area contributed by atoms with Crippen molar-refractivity contribution in [3.8, 4) is 29.6 Å². The van der Waals surface area contributed by atoms with Crippen molar-refractivity contribution in [2.45, 2.75) is 0 Å². The Labute approximate surface area is 123 Å². The molecule has 0 saturated heterocycles. The number of para-hydroxylation sites is 2. The molecular formula is C17H15NO3. The summed E-state index contributed by atoms with van der Waals surface area (Å²) < 4.78 is 10.6. The number of phenolic OH excluding ortho intramolecular Hbond substituents is 1. The summed E-state index contributed by atoms with van der Waals surface area (Å²) in [5.74, 6) is 3.69. The third-order valence-corrected chi connectivity index (χ3v) is 2.73. The van der Waals surface area contributed by atoms with Crippen molar-refractivity contribution in [1.82, 2.24) is 0 Å². The van der Waals surface area contributed by atoms with Gasteiger partial charge in [-0.3, -0.25) is 4.99 Å². The largest absolute Gasteiger partial charge is 0.506 e. The van der Waals surface area contributed by atoms with E-state index in [4.69, 9.17) is 15.9 Å². The molecule has 2 aromatic carbocycles. The molecule has 0 atom stereocenters. The number of phenols is 1. The number of aromatic hydroxyl groups is 1. The average molecular weight is 281 g/mol. The van der Waals surface area contributed by atoms with Crippen LogP contribution < -0.4 is 9.47 Å². The number of benzene rings is 2. The minimum absolute atomic E-state index is 0.134. The maximum atomic E-state index is 9.65. The molecule has 0 aliphatic rings. The highest BCUT2D eigenvalue weighted by Crippen LogP contribution is 2.28. The Morgan fingerprint density at radius 1 is 1.24 bits per heavy atom. The second-order valence-electron chi connectivity index (χ2n) is 4.15. The summed E-state index contributed by atoms with van der Waals surface area (Å²) >= 11 is 0. The molecule has 0 radical (unpaired) electrons. The summed E-state index contributed by atoms with van der Waals surface area (Å²) in [5, 5.41) is 9.65. The topological polar surface area (TPSA) is 51.0 Å². The fraction of sp³-hybridized carbons (Fsp3) is 0.118. The van der Waals surface area contributed by atoms with Gasteiger partial charge in [-0.1, -0.05) is 18.1 Å². The Morgan fingerprint density at radius 2 is 2.05 bits per heavy atom. The molecular weight excluding hydrogens is 266 g/mol. The molecule has 4 heteroatoms. The van der Waals surface area contributed by atoms with E-state index in [1.807, 2.05) is 12.1 Å². The SMILES string of the molecule is C#CCOc1ccc(C=Nc2ccccc2O)cc1OC. The summed E-state index contributed by atoms with van der Waals surface area (Å²) in [5.41, 5.74) is 1.33. The number of terminal acetylenes is 1. The Hall–Kier alpha value is -2.93. The van der Waals surface area contributed by atoms with Crippen molar-refractivity contribution in [3.63, 3.8) is 0 Å². The first kappa shape index (κ1) is 14.5. The molecule has 0 amide bonds. The fourth-order valence-corrected chi connectivity index (χ4v) is 1.72. The van der Waals surface area contributed by atoms with Gasteiger partial charge < -0.3 is 14.6 Å². The molecule has 21 heavy (non-hydrogen) atoms. The second-order valence-corrected chi connectivity index (χ2v) is 4.15. The molecule has 106 valence electrons. The van der Waals surface area contributed by atoms with Crippen molar-refractivity contribution in [3.05, 3.63) is 48.0 Å². The first-order valence-corrected chi connectivity index (χ1v) is 6.31. The summed E-state index contributed by atoms with van der Waals surface area (Å²) in [6, 6.07) is 12.3. The van der Waals surface area contributed by atoms with E-state index in [0.717, 1.165) is 5.56 Å². The van der Waals surface area contributed by atoms with Crippen LogP contribution in [0.3, 0.4) is 0 Å². The molecule has 1 N–H and O–H groups in total. The molecule has 0 aromatic heterocycles. The maximum Gasteiger partial charge on any atom is 0.162 e. The van der Waals surface area contributed by atoms with Crippen LogP contribution in [0.2, 0.25) is 0 Å². The zero-order valence-corrected chi connectivity index (χ0v) is 11.6. The second kappa shape index (κ2) is 7.01. The van der Waals surface area contributed by atoms with E-state index in [9.17, 15) is 5.11 Å². The number of hydrogen-bond acceptors (Lipinski definition) is 4. The number of hydrogen-bond donors (Lipinski definition) is 1. The molecule has 0 unspecified atom stereocenters. The summed E-state index contributed by atoms with van der Waals surface area (Å²) in [6.07, 6.45) is 6.80. The monoisotopic (exact) mass is 281 g/mol. The molecule has 0 aliphatic heterocycles. The van der Waals surface area contributed by atoms with E-state index >= 15 is 0 Å². The standard InChI is InChI=1S/C17H15NO3/c1-3-10-21-16-9-8-13(11-17(16)20-2)12-18-14-6-4-5-7-15(14)19/h1,4-9,11-12,19H,10H2,2H3. The lowest BCUT2D eigenvalue weighted by Crippen LogP contribution is -1.97. The van der Waals surface area contributed by atoms with Crippen LogP contribution in [0.4, 0.5) is 5.69 Å². The lowest BCUT2D eigenvalue weighted by molar-refractivity contribution is 0.331. The summed E-state index contributed by atoms with van der Waals surface area (Å²) in [6.45, 7) is 0.182. The highest BCUT2D eigenvalue weighted by Gasteiger charge is 2.04. The van der Waals surface area contributed by atoms with Crippen LogP contribution in [0.5, 0.6) is 17.2 Å². The van der Waals surface area contributed by atoms with Crippen molar-refractivity contribution in [1.29, 1.82) is 0 Å². The van der Waals surface area contributed by atoms with Gasteiger partial charge >= 0.3 is 0 Å². The molecule has 2 rings (SSSR count). The lowest BCUT2D eigenvalue weighted by Gasteiger charge is -2.09. The van der Waals surface area contributed by atoms with Gasteiger partial charge in [-0.05, 0) is 35.9 Å². The van der Waals surface area contributed by atoms with E-state index in [0.29, 0.717) is 17.2 Å². The van der Waals surface area contributed by atoms with Crippen molar-refractivity contribution in [2.24, 2.45) is 4.99 Å². The van der Waals surface area contributed by atoms with Crippen LogP contribution in [0.15, 0.2) is 47.5 Å². The molecule has 0 bridgehead atoms. The van der Waals surface area contributed by atoms with Gasteiger partial charge in [-0.25, -0.2) is 0 Å². The van der Waals surface area contributed by atoms with Crippen molar-refractivity contribution < 1.29 is 14.6 Å². The fourth-order valence-electron chi connectivity index (χ4n) is 1.72. The van der Waals surface area contributed by atoms with Gasteiger partial charge in [0.25, 0.3) is 0 Å². The predicted octanol–water partition coefficient (Wildman–Crippen LogP) is 3.16. The highest BCUT2D eigenvalue weighted by molar-refractivity contribution is 5.83. The number of aliphatic imine (C=N–C) groups is 1. The van der Waals surface area contributed by atoms with E-state index in [1.165, 1.54) is 0 Å². The van der Waals surface area contributed by atoms with Gasteiger partial charge in [0, 0.05) is 6.21 Å². The first-order valence-electron chi connectivity index (χ1n) is 6.31. The van der Waals surface area contributed by atoms with Crippen LogP contribution in [0.25, 0.3) is 0 Å². The van der Waals surface area contributed by atoms with Crippen LogP contribution in [0, 0.1) is 12.3 Å². The Morgan fingerprint density at radius 3 is 2.76 bits per heavy atom. The van der Waals surface area contributed by atoms with Crippen LogP contribution in [-0.4, -0.2) is 25.0 Å². The molecule has 0 aliphatic carbocycles. The Bertz CT molecular complexity index is 687. The first-order chi connectivity index (χ1) is 10.2. The molecule has 0 heterocycles. The Kier molecular flexibility index (Phi) is 4.84. The Balaban J connectivity index is 2.21. The van der Waals surface area contributed by atoms with Crippen LogP contribution >= 0.6 is 0 Å². The lowest BCUT2D eigenvalue weighted by atomic mass is 10.2. The zero-order chi connectivity index (χ0) is 15.1. The third kappa shape index (κ3) is 3.77. The number of nitrogens with zero attached hydrogens (tertiary/aromatic N) is 1. The smallest absolute Gasteiger partial charge is 0.162 e. The van der Waals surface area contributed by atoms with Crippen molar-refractivity contribution in [2.75, 3.05) is 13.7 Å². The number of methoxy groups -OCH3 is 1. The van der Waals surface area contributed by atoms with Crippen LogP contribution in [0.1, 0.15) is 5.56 Å². The third-order valence-electron chi connectivity index (χ3n) is 2.73. The predicted molar refractivity (Wildman–Crippen MR) is 82.7 cm³/mol. The average Bonchev–Trinajstić information content (AvgIpc) is 2.52. The molecule has 0 saturated carbocycles. The van der Waals surface area contributed by atoms with Gasteiger partial charge in [0.05, 0.1) is 7.11 Å². The molecule has 0 fully saturated rings. The van der Waals surface area contributed by atoms with Gasteiger partial charge in [-0.2, -0.15) is 0 Å². The molecule has 0 spiro atoms.